The quantitative estimate of drug-likeness (QED) is 0.866. The van der Waals surface area contributed by atoms with Crippen LogP contribution in [0.15, 0.2) is 18.3 Å². The van der Waals surface area contributed by atoms with E-state index in [0.29, 0.717) is 23.1 Å². The number of pyridine rings is 1. The van der Waals surface area contributed by atoms with Crippen LogP contribution in [0, 0.1) is 6.92 Å². The maximum atomic E-state index is 12.8. The van der Waals surface area contributed by atoms with E-state index in [1.165, 1.54) is 0 Å². The van der Waals surface area contributed by atoms with Crippen molar-refractivity contribution in [3.05, 3.63) is 40.3 Å². The van der Waals surface area contributed by atoms with Crippen LogP contribution in [-0.4, -0.2) is 39.2 Å². The highest BCUT2D eigenvalue weighted by Gasteiger charge is 2.34. The van der Waals surface area contributed by atoms with E-state index in [-0.39, 0.29) is 11.9 Å². The summed E-state index contributed by atoms with van der Waals surface area (Å²) in [6.07, 6.45) is 3.39. The maximum Gasteiger partial charge on any atom is 0.255 e. The van der Waals surface area contributed by atoms with E-state index in [1.807, 2.05) is 18.9 Å². The van der Waals surface area contributed by atoms with Gasteiger partial charge in [0, 0.05) is 31.4 Å². The molecule has 23 heavy (non-hydrogen) atoms. The topological polar surface area (TPSA) is 60.2 Å². The fourth-order valence-electron chi connectivity index (χ4n) is 3.13. The van der Waals surface area contributed by atoms with Crippen LogP contribution in [0.25, 0.3) is 0 Å². The molecular weight excluding hydrogens is 316 g/mol. The van der Waals surface area contributed by atoms with Crippen LogP contribution in [0.4, 0.5) is 0 Å². The molecule has 1 aliphatic heterocycles. The zero-order valence-corrected chi connectivity index (χ0v) is 14.2. The number of rotatable bonds is 3. The summed E-state index contributed by atoms with van der Waals surface area (Å²) in [6, 6.07) is 3.40. The van der Waals surface area contributed by atoms with Gasteiger partial charge >= 0.3 is 0 Å². The van der Waals surface area contributed by atoms with E-state index < -0.39 is 0 Å². The van der Waals surface area contributed by atoms with Crippen molar-refractivity contribution in [3.8, 4) is 5.88 Å². The van der Waals surface area contributed by atoms with Crippen molar-refractivity contribution in [2.75, 3.05) is 13.7 Å². The van der Waals surface area contributed by atoms with Gasteiger partial charge in [0.25, 0.3) is 5.91 Å². The molecule has 0 saturated carbocycles. The molecule has 1 unspecified atom stereocenters. The Balaban J connectivity index is 1.90. The molecule has 1 saturated heterocycles. The molecular formula is C16H19ClN4O2. The van der Waals surface area contributed by atoms with Crippen molar-refractivity contribution in [2.24, 2.45) is 7.05 Å². The number of methoxy groups -OCH3 is 1. The summed E-state index contributed by atoms with van der Waals surface area (Å²) >= 11 is 6.38. The molecule has 1 aliphatic rings. The first kappa shape index (κ1) is 15.8. The van der Waals surface area contributed by atoms with Gasteiger partial charge in [0.15, 0.2) is 0 Å². The second kappa shape index (κ2) is 6.20. The zero-order valence-electron chi connectivity index (χ0n) is 13.4. The number of hydrogen-bond acceptors (Lipinski definition) is 4. The van der Waals surface area contributed by atoms with Gasteiger partial charge in [0.2, 0.25) is 5.88 Å². The Kier molecular flexibility index (Phi) is 4.26. The smallest absolute Gasteiger partial charge is 0.255 e. The molecule has 0 bridgehead atoms. The molecule has 1 amide bonds. The number of ether oxygens (including phenoxy) is 1. The Bertz CT molecular complexity index is 726. The number of aromatic nitrogens is 3. The number of nitrogens with zero attached hydrogens (tertiary/aromatic N) is 4. The first-order chi connectivity index (χ1) is 11.0. The van der Waals surface area contributed by atoms with Crippen molar-refractivity contribution in [1.82, 2.24) is 19.7 Å². The highest BCUT2D eigenvalue weighted by molar-refractivity contribution is 6.30. The molecule has 0 N–H and O–H groups in total. The van der Waals surface area contributed by atoms with Gasteiger partial charge in [-0.2, -0.15) is 5.10 Å². The summed E-state index contributed by atoms with van der Waals surface area (Å²) in [4.78, 5) is 18.8. The van der Waals surface area contributed by atoms with E-state index in [1.54, 1.807) is 30.1 Å². The van der Waals surface area contributed by atoms with Gasteiger partial charge < -0.3 is 9.64 Å². The SMILES string of the molecule is COc1ccc(C(=O)N2CCCC2c2c(C)nn(C)c2Cl)cn1. The van der Waals surface area contributed by atoms with E-state index in [9.17, 15) is 4.79 Å². The summed E-state index contributed by atoms with van der Waals surface area (Å²) in [5.41, 5.74) is 2.37. The van der Waals surface area contributed by atoms with Gasteiger partial charge in [-0.1, -0.05) is 11.6 Å². The third-order valence-corrected chi connectivity index (χ3v) is 4.68. The van der Waals surface area contributed by atoms with Gasteiger partial charge in [0.05, 0.1) is 24.4 Å². The zero-order chi connectivity index (χ0) is 16.6. The summed E-state index contributed by atoms with van der Waals surface area (Å²) < 4.78 is 6.69. The Morgan fingerprint density at radius 2 is 2.22 bits per heavy atom. The van der Waals surface area contributed by atoms with Crippen molar-refractivity contribution < 1.29 is 9.53 Å². The summed E-state index contributed by atoms with van der Waals surface area (Å²) in [6.45, 7) is 2.64. The first-order valence-electron chi connectivity index (χ1n) is 7.53. The molecule has 2 aromatic rings. The minimum Gasteiger partial charge on any atom is -0.481 e. The third kappa shape index (κ3) is 2.79. The molecule has 3 rings (SSSR count). The molecule has 0 spiro atoms. The van der Waals surface area contributed by atoms with E-state index in [2.05, 4.69) is 10.1 Å². The monoisotopic (exact) mass is 334 g/mol. The van der Waals surface area contributed by atoms with Crippen LogP contribution in [0.5, 0.6) is 5.88 Å². The second-order valence-corrected chi connectivity index (χ2v) is 6.02. The lowest BCUT2D eigenvalue weighted by molar-refractivity contribution is 0.0735. The Labute approximate surface area is 140 Å². The van der Waals surface area contributed by atoms with Crippen LogP contribution in [0.2, 0.25) is 5.15 Å². The van der Waals surface area contributed by atoms with E-state index in [4.69, 9.17) is 16.3 Å². The molecule has 7 heteroatoms. The van der Waals surface area contributed by atoms with Gasteiger partial charge in [0.1, 0.15) is 5.15 Å². The van der Waals surface area contributed by atoms with Crippen molar-refractivity contribution in [1.29, 1.82) is 0 Å². The van der Waals surface area contributed by atoms with E-state index >= 15 is 0 Å². The largest absolute Gasteiger partial charge is 0.481 e. The summed E-state index contributed by atoms with van der Waals surface area (Å²) in [5, 5.41) is 4.96. The van der Waals surface area contributed by atoms with Crippen LogP contribution >= 0.6 is 11.6 Å². The lowest BCUT2D eigenvalue weighted by atomic mass is 10.1. The maximum absolute atomic E-state index is 12.8. The standard InChI is InChI=1S/C16H19ClN4O2/c1-10-14(15(17)20(2)19-10)12-5-4-8-21(12)16(22)11-6-7-13(23-3)18-9-11/h6-7,9,12H,4-5,8H2,1-3H3. The van der Waals surface area contributed by atoms with Crippen LogP contribution in [-0.2, 0) is 7.05 Å². The van der Waals surface area contributed by atoms with Crippen molar-refractivity contribution in [2.45, 2.75) is 25.8 Å². The fourth-order valence-corrected chi connectivity index (χ4v) is 3.43. The normalized spacial score (nSPS) is 17.6. The number of carbonyl (C=O) groups excluding carboxylic acids is 1. The molecule has 3 heterocycles. The molecule has 6 nitrogen and oxygen atoms in total. The van der Waals surface area contributed by atoms with Gasteiger partial charge in [-0.25, -0.2) is 4.98 Å². The van der Waals surface area contributed by atoms with Crippen LogP contribution < -0.4 is 4.74 Å². The lowest BCUT2D eigenvalue weighted by Gasteiger charge is -2.25. The molecule has 122 valence electrons. The molecule has 1 fully saturated rings. The Morgan fingerprint density at radius 3 is 2.78 bits per heavy atom. The first-order valence-corrected chi connectivity index (χ1v) is 7.90. The summed E-state index contributed by atoms with van der Waals surface area (Å²) in [7, 11) is 3.36. The molecule has 0 radical (unpaired) electrons. The number of hydrogen-bond donors (Lipinski definition) is 0. The lowest BCUT2D eigenvalue weighted by Crippen LogP contribution is -2.31. The average molecular weight is 335 g/mol. The fraction of sp³-hybridized carbons (Fsp3) is 0.438. The molecule has 0 aromatic carbocycles. The predicted octanol–water partition coefficient (Wildman–Crippen LogP) is 2.76. The molecule has 1 atom stereocenters. The van der Waals surface area contributed by atoms with Crippen molar-refractivity contribution >= 4 is 17.5 Å². The average Bonchev–Trinajstić information content (AvgIpc) is 3.12. The van der Waals surface area contributed by atoms with Crippen molar-refractivity contribution in [3.63, 3.8) is 0 Å². The van der Waals surface area contributed by atoms with Gasteiger partial charge in [-0.3, -0.25) is 9.48 Å². The molecule has 0 aliphatic carbocycles. The predicted molar refractivity (Wildman–Crippen MR) is 86.8 cm³/mol. The number of carbonyl (C=O) groups is 1. The summed E-state index contributed by atoms with van der Waals surface area (Å²) in [5.74, 6) is 0.452. The number of amides is 1. The minimum atomic E-state index is -0.0398. The second-order valence-electron chi connectivity index (χ2n) is 5.66. The number of halogens is 1. The van der Waals surface area contributed by atoms with Gasteiger partial charge in [-0.15, -0.1) is 0 Å². The van der Waals surface area contributed by atoms with Crippen LogP contribution in [0.1, 0.15) is 40.5 Å². The highest BCUT2D eigenvalue weighted by Crippen LogP contribution is 2.38. The number of aryl methyl sites for hydroxylation is 2. The number of likely N-dealkylation sites (tertiary alicyclic amines) is 1. The van der Waals surface area contributed by atoms with Crippen LogP contribution in [0.3, 0.4) is 0 Å². The Morgan fingerprint density at radius 1 is 1.43 bits per heavy atom. The molecule has 2 aromatic heterocycles. The van der Waals surface area contributed by atoms with E-state index in [0.717, 1.165) is 24.1 Å². The Hall–Kier alpha value is -2.08. The third-order valence-electron chi connectivity index (χ3n) is 4.24. The highest BCUT2D eigenvalue weighted by atomic mass is 35.5. The minimum absolute atomic E-state index is 0.0363. The van der Waals surface area contributed by atoms with Gasteiger partial charge in [-0.05, 0) is 25.8 Å².